The normalized spacial score (nSPS) is 20.1. The van der Waals surface area contributed by atoms with Crippen LogP contribution in [0.25, 0.3) is 0 Å². The van der Waals surface area contributed by atoms with Crippen molar-refractivity contribution >= 4 is 11.6 Å². The zero-order valence-electron chi connectivity index (χ0n) is 18.7. The fourth-order valence-electron chi connectivity index (χ4n) is 4.68. The summed E-state index contributed by atoms with van der Waals surface area (Å²) in [5.74, 6) is -0.557. The molecule has 0 fully saturated rings. The minimum absolute atomic E-state index is 0.0510. The summed E-state index contributed by atoms with van der Waals surface area (Å²) in [6.07, 6.45) is 3.75. The molecule has 1 aromatic heterocycles. The number of hydrogen-bond acceptors (Lipinski definition) is 4. The van der Waals surface area contributed by atoms with Crippen LogP contribution in [-0.4, -0.2) is 28.1 Å². The van der Waals surface area contributed by atoms with Crippen molar-refractivity contribution in [3.8, 4) is 0 Å². The Bertz CT molecular complexity index is 1290. The molecule has 0 N–H and O–H groups in total. The van der Waals surface area contributed by atoms with Crippen LogP contribution in [0.3, 0.4) is 0 Å². The van der Waals surface area contributed by atoms with Crippen molar-refractivity contribution in [2.75, 3.05) is 11.9 Å². The molecule has 0 spiro atoms. The van der Waals surface area contributed by atoms with E-state index < -0.39 is 17.2 Å². The standard InChI is InChI=1S/C26H27N3O3/c1-17-15-22(27(4)21-13-9-6-10-14-21)19(3)23(17)28-16-18(2)24(30)29(26(28)32)25(31)20-11-7-5-8-12-20/h5-16,19,22-23H,1-4H3/t19-,22+,23-/m0/s1. The Kier molecular flexibility index (Phi) is 5.70. The summed E-state index contributed by atoms with van der Waals surface area (Å²) in [5.41, 5.74) is 1.59. The van der Waals surface area contributed by atoms with Crippen LogP contribution in [0.1, 0.15) is 35.8 Å². The number of aryl methyl sites for hydroxylation is 1. The highest BCUT2D eigenvalue weighted by molar-refractivity contribution is 5.95. The summed E-state index contributed by atoms with van der Waals surface area (Å²) in [6.45, 7) is 5.73. The Hall–Kier alpha value is -3.67. The molecule has 0 amide bonds. The fourth-order valence-corrected chi connectivity index (χ4v) is 4.68. The first-order valence-electron chi connectivity index (χ1n) is 10.7. The monoisotopic (exact) mass is 429 g/mol. The van der Waals surface area contributed by atoms with Crippen LogP contribution in [0.2, 0.25) is 0 Å². The number of aromatic nitrogens is 2. The smallest absolute Gasteiger partial charge is 0.338 e. The van der Waals surface area contributed by atoms with Crippen molar-refractivity contribution in [3.63, 3.8) is 0 Å². The molecule has 6 nitrogen and oxygen atoms in total. The largest absolute Gasteiger partial charge is 0.368 e. The minimum atomic E-state index is -0.609. The maximum atomic E-state index is 13.4. The van der Waals surface area contributed by atoms with Gasteiger partial charge in [0.05, 0.1) is 12.1 Å². The van der Waals surface area contributed by atoms with E-state index in [4.69, 9.17) is 0 Å². The molecule has 2 aromatic carbocycles. The molecule has 1 aliphatic rings. The fraction of sp³-hybridized carbons (Fsp3) is 0.269. The molecule has 164 valence electrons. The van der Waals surface area contributed by atoms with Gasteiger partial charge in [0.25, 0.3) is 11.5 Å². The van der Waals surface area contributed by atoms with E-state index in [1.54, 1.807) is 48.0 Å². The van der Waals surface area contributed by atoms with Crippen LogP contribution in [0.15, 0.2) is 88.1 Å². The molecule has 0 unspecified atom stereocenters. The van der Waals surface area contributed by atoms with Gasteiger partial charge >= 0.3 is 5.69 Å². The van der Waals surface area contributed by atoms with E-state index in [1.807, 2.05) is 32.2 Å². The van der Waals surface area contributed by atoms with Gasteiger partial charge in [-0.3, -0.25) is 14.2 Å². The number of allylic oxidation sites excluding steroid dienone is 1. The maximum Gasteiger partial charge on any atom is 0.338 e. The number of rotatable bonds is 4. The lowest BCUT2D eigenvalue weighted by atomic mass is 9.97. The van der Waals surface area contributed by atoms with Crippen molar-refractivity contribution in [2.24, 2.45) is 5.92 Å². The van der Waals surface area contributed by atoms with Gasteiger partial charge in [-0.2, -0.15) is 4.57 Å². The highest BCUT2D eigenvalue weighted by Gasteiger charge is 2.37. The van der Waals surface area contributed by atoms with E-state index in [1.165, 1.54) is 0 Å². The lowest BCUT2D eigenvalue weighted by Crippen LogP contribution is -2.47. The summed E-state index contributed by atoms with van der Waals surface area (Å²) in [5, 5.41) is 0. The first-order chi connectivity index (χ1) is 15.3. The van der Waals surface area contributed by atoms with E-state index in [9.17, 15) is 14.4 Å². The number of carbonyl (C=O) groups excluding carboxylic acids is 1. The van der Waals surface area contributed by atoms with Crippen molar-refractivity contribution in [1.29, 1.82) is 0 Å². The molecule has 0 aliphatic heterocycles. The first kappa shape index (κ1) is 21.6. The molecule has 0 bridgehead atoms. The molecular weight excluding hydrogens is 402 g/mol. The second kappa shape index (κ2) is 8.46. The van der Waals surface area contributed by atoms with E-state index >= 15 is 0 Å². The van der Waals surface area contributed by atoms with Gasteiger partial charge in [0.2, 0.25) is 0 Å². The van der Waals surface area contributed by atoms with E-state index in [0.29, 0.717) is 11.1 Å². The molecule has 4 rings (SSSR count). The first-order valence-corrected chi connectivity index (χ1v) is 10.7. The van der Waals surface area contributed by atoms with Crippen LogP contribution in [0.5, 0.6) is 0 Å². The van der Waals surface area contributed by atoms with Crippen LogP contribution >= 0.6 is 0 Å². The summed E-state index contributed by atoms with van der Waals surface area (Å²) >= 11 is 0. The molecule has 0 saturated heterocycles. The highest BCUT2D eigenvalue weighted by atomic mass is 16.2. The molecule has 0 saturated carbocycles. The Labute approximate surface area is 187 Å². The molecule has 1 heterocycles. The number of anilines is 1. The number of para-hydroxylation sites is 1. The van der Waals surface area contributed by atoms with Crippen molar-refractivity contribution < 1.29 is 4.79 Å². The predicted molar refractivity (Wildman–Crippen MR) is 126 cm³/mol. The second-order valence-corrected chi connectivity index (χ2v) is 8.47. The third-order valence-corrected chi connectivity index (χ3v) is 6.36. The predicted octanol–water partition coefficient (Wildman–Crippen LogP) is 3.65. The van der Waals surface area contributed by atoms with E-state index in [2.05, 4.69) is 30.0 Å². The molecule has 6 heteroatoms. The third kappa shape index (κ3) is 3.62. The lowest BCUT2D eigenvalue weighted by Gasteiger charge is -2.32. The average Bonchev–Trinajstić information content (AvgIpc) is 3.10. The Morgan fingerprint density at radius 1 is 0.938 bits per heavy atom. The van der Waals surface area contributed by atoms with Crippen LogP contribution in [0, 0.1) is 12.8 Å². The molecule has 0 radical (unpaired) electrons. The summed E-state index contributed by atoms with van der Waals surface area (Å²) in [6, 6.07) is 18.3. The number of carbonyl (C=O) groups is 1. The highest BCUT2D eigenvalue weighted by Crippen LogP contribution is 2.38. The van der Waals surface area contributed by atoms with Crippen molar-refractivity contribution in [3.05, 3.63) is 110 Å². The zero-order valence-corrected chi connectivity index (χ0v) is 18.7. The minimum Gasteiger partial charge on any atom is -0.368 e. The van der Waals surface area contributed by atoms with Gasteiger partial charge in [-0.25, -0.2) is 4.79 Å². The van der Waals surface area contributed by atoms with Gasteiger partial charge in [0.1, 0.15) is 0 Å². The van der Waals surface area contributed by atoms with Gasteiger partial charge in [-0.1, -0.05) is 55.0 Å². The Morgan fingerprint density at radius 3 is 2.16 bits per heavy atom. The summed E-state index contributed by atoms with van der Waals surface area (Å²) in [7, 11) is 2.04. The average molecular weight is 430 g/mol. The molecule has 3 atom stereocenters. The Balaban J connectivity index is 1.77. The maximum absolute atomic E-state index is 13.4. The van der Waals surface area contributed by atoms with Crippen molar-refractivity contribution in [2.45, 2.75) is 32.9 Å². The molecule has 32 heavy (non-hydrogen) atoms. The van der Waals surface area contributed by atoms with Crippen LogP contribution in [0.4, 0.5) is 5.69 Å². The summed E-state index contributed by atoms with van der Waals surface area (Å²) < 4.78 is 2.31. The van der Waals surface area contributed by atoms with E-state index in [0.717, 1.165) is 15.8 Å². The summed E-state index contributed by atoms with van der Waals surface area (Å²) in [4.78, 5) is 41.5. The third-order valence-electron chi connectivity index (χ3n) is 6.36. The van der Waals surface area contributed by atoms with E-state index in [-0.39, 0.29) is 18.0 Å². The van der Waals surface area contributed by atoms with Gasteiger partial charge in [-0.05, 0) is 38.1 Å². The van der Waals surface area contributed by atoms with Gasteiger partial charge in [0.15, 0.2) is 0 Å². The number of likely N-dealkylation sites (N-methyl/N-ethyl adjacent to an activating group) is 1. The van der Waals surface area contributed by atoms with Crippen LogP contribution < -0.4 is 16.1 Å². The quantitative estimate of drug-likeness (QED) is 0.594. The second-order valence-electron chi connectivity index (χ2n) is 8.47. The van der Waals surface area contributed by atoms with Gasteiger partial charge in [-0.15, -0.1) is 0 Å². The number of benzene rings is 2. The SMILES string of the molecule is CC1=C[C@@H](N(C)c2ccccc2)[C@H](C)[C@H]1n1cc(C)c(=O)n(C(=O)c2ccccc2)c1=O. The zero-order chi connectivity index (χ0) is 23.0. The molecule has 1 aliphatic carbocycles. The number of nitrogens with zero attached hydrogens (tertiary/aromatic N) is 3. The lowest BCUT2D eigenvalue weighted by molar-refractivity contribution is 0.0947. The number of hydrogen-bond donors (Lipinski definition) is 0. The molecule has 3 aromatic rings. The topological polar surface area (TPSA) is 64.3 Å². The van der Waals surface area contributed by atoms with Gasteiger partial charge < -0.3 is 4.90 Å². The van der Waals surface area contributed by atoms with Gasteiger partial charge in [0, 0.05) is 36.0 Å². The van der Waals surface area contributed by atoms with Crippen LogP contribution in [-0.2, 0) is 0 Å². The van der Waals surface area contributed by atoms with Crippen molar-refractivity contribution in [1.82, 2.24) is 9.13 Å². The molecular formula is C26H27N3O3. The Morgan fingerprint density at radius 2 is 1.53 bits per heavy atom.